The summed E-state index contributed by atoms with van der Waals surface area (Å²) in [5.41, 5.74) is 8.28. The number of carbonyl (C=O) groups is 2. The first-order valence-electron chi connectivity index (χ1n) is 6.04. The van der Waals surface area contributed by atoms with E-state index in [-0.39, 0.29) is 6.10 Å². The van der Waals surface area contributed by atoms with E-state index < -0.39 is 18.5 Å². The van der Waals surface area contributed by atoms with E-state index in [0.717, 1.165) is 11.1 Å². The molecule has 0 unspecified atom stereocenters. The van der Waals surface area contributed by atoms with Crippen LogP contribution >= 0.6 is 0 Å². The fourth-order valence-corrected chi connectivity index (χ4v) is 1.59. The van der Waals surface area contributed by atoms with Crippen molar-refractivity contribution >= 4 is 17.6 Å². The number of benzene rings is 1. The molecule has 2 N–H and O–H groups in total. The number of esters is 2. The van der Waals surface area contributed by atoms with Crippen LogP contribution in [0, 0.1) is 13.8 Å². The summed E-state index contributed by atoms with van der Waals surface area (Å²) >= 11 is 0. The molecule has 0 aliphatic heterocycles. The summed E-state index contributed by atoms with van der Waals surface area (Å²) < 4.78 is 9.77. The highest BCUT2D eigenvalue weighted by molar-refractivity contribution is 5.93. The van der Waals surface area contributed by atoms with Gasteiger partial charge in [-0.25, -0.2) is 9.59 Å². The number of ether oxygens (including phenoxy) is 2. The molecule has 104 valence electrons. The Morgan fingerprint density at radius 1 is 1.21 bits per heavy atom. The van der Waals surface area contributed by atoms with Crippen molar-refractivity contribution in [2.75, 3.05) is 12.3 Å². The summed E-state index contributed by atoms with van der Waals surface area (Å²) in [6.45, 7) is 6.70. The Morgan fingerprint density at radius 2 is 1.84 bits per heavy atom. The van der Waals surface area contributed by atoms with Crippen LogP contribution in [-0.2, 0) is 14.3 Å². The lowest BCUT2D eigenvalue weighted by Crippen LogP contribution is -2.20. The normalized spacial score (nSPS) is 10.4. The molecule has 0 saturated carbocycles. The molecule has 0 bridgehead atoms. The van der Waals surface area contributed by atoms with Gasteiger partial charge in [-0.1, -0.05) is 6.07 Å². The van der Waals surface area contributed by atoms with Gasteiger partial charge in [-0.05, 0) is 44.9 Å². The molecular weight excluding hydrogens is 246 g/mol. The summed E-state index contributed by atoms with van der Waals surface area (Å²) in [4.78, 5) is 23.1. The Kier molecular flexibility index (Phi) is 4.92. The first kappa shape index (κ1) is 15.0. The van der Waals surface area contributed by atoms with Crippen LogP contribution in [0.5, 0.6) is 0 Å². The minimum absolute atomic E-state index is 0.233. The minimum atomic E-state index is -0.579. The lowest BCUT2D eigenvalue weighted by atomic mass is 10.0. The maximum absolute atomic E-state index is 11.8. The van der Waals surface area contributed by atoms with Gasteiger partial charge in [0.25, 0.3) is 0 Å². The average molecular weight is 265 g/mol. The molecule has 1 aromatic rings. The third-order valence-corrected chi connectivity index (χ3v) is 2.52. The maximum Gasteiger partial charge on any atom is 0.344 e. The summed E-state index contributed by atoms with van der Waals surface area (Å²) in [6.07, 6.45) is -0.233. The molecular formula is C14H19NO4. The number of nitrogen functional groups attached to an aromatic ring is 1. The second kappa shape index (κ2) is 6.22. The van der Waals surface area contributed by atoms with Crippen molar-refractivity contribution < 1.29 is 19.1 Å². The minimum Gasteiger partial charge on any atom is -0.460 e. The quantitative estimate of drug-likeness (QED) is 0.665. The van der Waals surface area contributed by atoms with E-state index in [1.165, 1.54) is 0 Å². The number of carbonyl (C=O) groups excluding carboxylic acids is 2. The SMILES string of the molecule is Cc1cc(C)c(C(=O)OCC(=O)OC(C)C)cc1N. The Balaban J connectivity index is 2.69. The van der Waals surface area contributed by atoms with E-state index in [4.69, 9.17) is 15.2 Å². The van der Waals surface area contributed by atoms with Crippen LogP contribution < -0.4 is 5.73 Å². The fraction of sp³-hybridized carbons (Fsp3) is 0.429. The average Bonchev–Trinajstić information content (AvgIpc) is 2.30. The molecule has 0 aliphatic rings. The third kappa shape index (κ3) is 4.28. The first-order chi connectivity index (χ1) is 8.81. The summed E-state index contributed by atoms with van der Waals surface area (Å²) in [6, 6.07) is 3.36. The molecule has 0 amide bonds. The molecule has 19 heavy (non-hydrogen) atoms. The smallest absolute Gasteiger partial charge is 0.344 e. The molecule has 0 fully saturated rings. The van der Waals surface area contributed by atoms with Crippen molar-refractivity contribution in [3.05, 3.63) is 28.8 Å². The van der Waals surface area contributed by atoms with Crippen LogP contribution in [0.2, 0.25) is 0 Å². The third-order valence-electron chi connectivity index (χ3n) is 2.52. The monoisotopic (exact) mass is 265 g/mol. The van der Waals surface area contributed by atoms with Crippen LogP contribution in [0.15, 0.2) is 12.1 Å². The van der Waals surface area contributed by atoms with Gasteiger partial charge >= 0.3 is 11.9 Å². The molecule has 0 aromatic heterocycles. The molecule has 5 heteroatoms. The lowest BCUT2D eigenvalue weighted by molar-refractivity contribution is -0.150. The maximum atomic E-state index is 11.8. The Hall–Kier alpha value is -2.04. The molecule has 0 atom stereocenters. The second-order valence-electron chi connectivity index (χ2n) is 4.64. The van der Waals surface area contributed by atoms with Crippen LogP contribution in [0.25, 0.3) is 0 Å². The van der Waals surface area contributed by atoms with Crippen LogP contribution in [0.3, 0.4) is 0 Å². The molecule has 0 aliphatic carbocycles. The number of nitrogens with two attached hydrogens (primary N) is 1. The van der Waals surface area contributed by atoms with E-state index in [0.29, 0.717) is 11.3 Å². The highest BCUT2D eigenvalue weighted by Gasteiger charge is 2.15. The fourth-order valence-electron chi connectivity index (χ4n) is 1.59. The van der Waals surface area contributed by atoms with E-state index >= 15 is 0 Å². The number of anilines is 1. The van der Waals surface area contributed by atoms with Gasteiger partial charge in [-0.2, -0.15) is 0 Å². The highest BCUT2D eigenvalue weighted by atomic mass is 16.6. The Bertz CT molecular complexity index is 494. The molecule has 0 spiro atoms. The first-order valence-corrected chi connectivity index (χ1v) is 6.04. The van der Waals surface area contributed by atoms with Gasteiger partial charge < -0.3 is 15.2 Å². The van der Waals surface area contributed by atoms with Crippen LogP contribution in [-0.4, -0.2) is 24.6 Å². The van der Waals surface area contributed by atoms with Gasteiger partial charge in [0.05, 0.1) is 11.7 Å². The summed E-state index contributed by atoms with van der Waals surface area (Å²) in [5.74, 6) is -1.15. The van der Waals surface area contributed by atoms with Crippen molar-refractivity contribution in [2.45, 2.75) is 33.8 Å². The number of aryl methyl sites for hydroxylation is 2. The number of hydrogen-bond donors (Lipinski definition) is 1. The van der Waals surface area contributed by atoms with Gasteiger partial charge in [0.15, 0.2) is 6.61 Å². The van der Waals surface area contributed by atoms with E-state index in [9.17, 15) is 9.59 Å². The zero-order valence-corrected chi connectivity index (χ0v) is 11.6. The predicted octanol–water partition coefficient (Wildman–Crippen LogP) is 1.99. The number of hydrogen-bond acceptors (Lipinski definition) is 5. The lowest BCUT2D eigenvalue weighted by Gasteiger charge is -2.11. The summed E-state index contributed by atoms with van der Waals surface area (Å²) in [5, 5.41) is 0. The number of rotatable bonds is 4. The van der Waals surface area contributed by atoms with Crippen molar-refractivity contribution in [1.29, 1.82) is 0 Å². The van der Waals surface area contributed by atoms with Crippen LogP contribution in [0.4, 0.5) is 5.69 Å². The molecule has 1 rings (SSSR count). The van der Waals surface area contributed by atoms with Crippen molar-refractivity contribution in [2.24, 2.45) is 0 Å². The zero-order chi connectivity index (χ0) is 14.6. The van der Waals surface area contributed by atoms with E-state index in [2.05, 4.69) is 0 Å². The zero-order valence-electron chi connectivity index (χ0n) is 11.6. The summed E-state index contributed by atoms with van der Waals surface area (Å²) in [7, 11) is 0. The van der Waals surface area contributed by atoms with Crippen LogP contribution in [0.1, 0.15) is 35.3 Å². The van der Waals surface area contributed by atoms with Gasteiger partial charge in [-0.15, -0.1) is 0 Å². The van der Waals surface area contributed by atoms with Gasteiger partial charge in [-0.3, -0.25) is 0 Å². The predicted molar refractivity (Wildman–Crippen MR) is 71.8 cm³/mol. The van der Waals surface area contributed by atoms with Gasteiger partial charge in [0.2, 0.25) is 0 Å². The topological polar surface area (TPSA) is 78.6 Å². The second-order valence-corrected chi connectivity index (χ2v) is 4.64. The van der Waals surface area contributed by atoms with Gasteiger partial charge in [0, 0.05) is 5.69 Å². The van der Waals surface area contributed by atoms with Crippen molar-refractivity contribution in [3.63, 3.8) is 0 Å². The van der Waals surface area contributed by atoms with Gasteiger partial charge in [0.1, 0.15) is 0 Å². The molecule has 5 nitrogen and oxygen atoms in total. The molecule has 0 saturated heterocycles. The molecule has 0 heterocycles. The van der Waals surface area contributed by atoms with Crippen molar-refractivity contribution in [1.82, 2.24) is 0 Å². The molecule has 0 radical (unpaired) electrons. The standard InChI is InChI=1S/C14H19NO4/c1-8(2)19-13(16)7-18-14(17)11-6-12(15)10(4)5-9(11)3/h5-6,8H,7,15H2,1-4H3. The molecule has 1 aromatic carbocycles. The largest absolute Gasteiger partial charge is 0.460 e. The Morgan fingerprint density at radius 3 is 2.42 bits per heavy atom. The highest BCUT2D eigenvalue weighted by Crippen LogP contribution is 2.18. The Labute approximate surface area is 112 Å². The van der Waals surface area contributed by atoms with E-state index in [1.807, 2.05) is 6.92 Å². The van der Waals surface area contributed by atoms with Crippen molar-refractivity contribution in [3.8, 4) is 0 Å². The van der Waals surface area contributed by atoms with E-state index in [1.54, 1.807) is 32.9 Å².